The van der Waals surface area contributed by atoms with E-state index >= 15 is 0 Å². The van der Waals surface area contributed by atoms with Crippen LogP contribution >= 0.6 is 0 Å². The first-order chi connectivity index (χ1) is 13.9. The number of amides is 4. The molecule has 1 atom stereocenters. The molecule has 2 saturated heterocycles. The molecular weight excluding hydrogens is 368 g/mol. The van der Waals surface area contributed by atoms with E-state index in [2.05, 4.69) is 5.32 Å². The number of hydrogen-bond donors (Lipinski definition) is 1. The topological polar surface area (TPSA) is 73.0 Å². The summed E-state index contributed by atoms with van der Waals surface area (Å²) in [5.41, 5.74) is 2.20. The quantitative estimate of drug-likeness (QED) is 0.770. The molecule has 1 aromatic carbocycles. The number of nitrogens with zero attached hydrogens (tertiary/aromatic N) is 3. The molecule has 0 saturated carbocycles. The number of carbonyl (C=O) groups is 3. The van der Waals surface area contributed by atoms with Gasteiger partial charge in [0.1, 0.15) is 0 Å². The molecule has 0 aliphatic carbocycles. The standard InChI is InChI=1S/C22H32N4O3/c1-4-17(3)23-22(29)24-11-9-19(10-12-24)26-14-13-25(20(27)21(26)28)15-18-7-5-16(2)6-8-18/h5-8,17,19H,4,9-15H2,1-3H3,(H,23,29)/t17-/m1/s1. The highest BCUT2D eigenvalue weighted by molar-refractivity contribution is 6.35. The Hall–Kier alpha value is -2.57. The van der Waals surface area contributed by atoms with Crippen molar-refractivity contribution in [1.29, 1.82) is 0 Å². The first-order valence-corrected chi connectivity index (χ1v) is 10.6. The molecule has 158 valence electrons. The Morgan fingerprint density at radius 1 is 1.07 bits per heavy atom. The van der Waals surface area contributed by atoms with Crippen LogP contribution in [0.2, 0.25) is 0 Å². The maximum Gasteiger partial charge on any atom is 0.317 e. The number of nitrogens with one attached hydrogen (secondary N) is 1. The number of aryl methyl sites for hydroxylation is 1. The maximum absolute atomic E-state index is 12.7. The minimum absolute atomic E-state index is 0.0284. The second-order valence-corrected chi connectivity index (χ2v) is 8.19. The van der Waals surface area contributed by atoms with Gasteiger partial charge in [-0.3, -0.25) is 9.59 Å². The molecule has 0 spiro atoms. The maximum atomic E-state index is 12.7. The predicted octanol–water partition coefficient (Wildman–Crippen LogP) is 2.14. The van der Waals surface area contributed by atoms with Crippen molar-refractivity contribution in [2.45, 2.75) is 58.7 Å². The summed E-state index contributed by atoms with van der Waals surface area (Å²) < 4.78 is 0. The zero-order valence-corrected chi connectivity index (χ0v) is 17.7. The van der Waals surface area contributed by atoms with E-state index in [-0.39, 0.29) is 18.1 Å². The molecule has 3 rings (SSSR count). The lowest BCUT2D eigenvalue weighted by Gasteiger charge is -2.42. The van der Waals surface area contributed by atoms with E-state index < -0.39 is 11.8 Å². The van der Waals surface area contributed by atoms with Crippen LogP contribution in [0.25, 0.3) is 0 Å². The third-order valence-corrected chi connectivity index (χ3v) is 6.01. The predicted molar refractivity (Wildman–Crippen MR) is 111 cm³/mol. The average molecular weight is 401 g/mol. The number of piperidine rings is 1. The average Bonchev–Trinajstić information content (AvgIpc) is 2.73. The molecule has 29 heavy (non-hydrogen) atoms. The highest BCUT2D eigenvalue weighted by atomic mass is 16.2. The lowest BCUT2D eigenvalue weighted by atomic mass is 10.0. The van der Waals surface area contributed by atoms with Gasteiger partial charge in [-0.15, -0.1) is 0 Å². The third-order valence-electron chi connectivity index (χ3n) is 6.01. The Labute approximate surface area is 173 Å². The highest BCUT2D eigenvalue weighted by Crippen LogP contribution is 2.21. The van der Waals surface area contributed by atoms with Crippen LogP contribution in [0.4, 0.5) is 4.79 Å². The molecule has 2 aliphatic rings. The Morgan fingerprint density at radius 3 is 2.34 bits per heavy atom. The first kappa shape index (κ1) is 21.1. The van der Waals surface area contributed by atoms with Crippen molar-refractivity contribution in [2.75, 3.05) is 26.2 Å². The summed E-state index contributed by atoms with van der Waals surface area (Å²) in [6.07, 6.45) is 2.32. The summed E-state index contributed by atoms with van der Waals surface area (Å²) in [7, 11) is 0. The van der Waals surface area contributed by atoms with Crippen molar-refractivity contribution >= 4 is 17.8 Å². The molecule has 4 amide bonds. The van der Waals surface area contributed by atoms with Crippen molar-refractivity contribution in [3.63, 3.8) is 0 Å². The fourth-order valence-electron chi connectivity index (χ4n) is 3.89. The molecule has 0 bridgehead atoms. The van der Waals surface area contributed by atoms with Crippen LogP contribution in [0.5, 0.6) is 0 Å². The molecule has 2 aliphatic heterocycles. The molecule has 2 fully saturated rings. The summed E-state index contributed by atoms with van der Waals surface area (Å²) in [5.74, 6) is -0.834. The van der Waals surface area contributed by atoms with Crippen molar-refractivity contribution in [2.24, 2.45) is 0 Å². The first-order valence-electron chi connectivity index (χ1n) is 10.6. The molecule has 0 unspecified atom stereocenters. The number of rotatable bonds is 5. The lowest BCUT2D eigenvalue weighted by molar-refractivity contribution is -0.158. The van der Waals surface area contributed by atoms with Gasteiger partial charge in [0.2, 0.25) is 0 Å². The van der Waals surface area contributed by atoms with Crippen LogP contribution in [0.15, 0.2) is 24.3 Å². The lowest BCUT2D eigenvalue weighted by Crippen LogP contribution is -2.59. The Bertz CT molecular complexity index is 741. The van der Waals surface area contributed by atoms with Crippen LogP contribution in [-0.2, 0) is 16.1 Å². The van der Waals surface area contributed by atoms with Gasteiger partial charge >= 0.3 is 17.8 Å². The molecule has 1 aromatic rings. The molecule has 0 radical (unpaired) electrons. The summed E-state index contributed by atoms with van der Waals surface area (Å²) in [4.78, 5) is 42.8. The minimum atomic E-state index is -0.422. The highest BCUT2D eigenvalue weighted by Gasteiger charge is 2.38. The van der Waals surface area contributed by atoms with Crippen molar-refractivity contribution in [3.8, 4) is 0 Å². The Kier molecular flexibility index (Phi) is 6.77. The van der Waals surface area contributed by atoms with Crippen LogP contribution in [0, 0.1) is 6.92 Å². The molecule has 0 aromatic heterocycles. The van der Waals surface area contributed by atoms with Crippen molar-refractivity contribution in [3.05, 3.63) is 35.4 Å². The molecule has 2 heterocycles. The summed E-state index contributed by atoms with van der Waals surface area (Å²) >= 11 is 0. The third kappa shape index (κ3) is 5.08. The van der Waals surface area contributed by atoms with Gasteiger partial charge in [0.25, 0.3) is 0 Å². The molecule has 1 N–H and O–H groups in total. The molecular formula is C22H32N4O3. The SMILES string of the molecule is CC[C@@H](C)NC(=O)N1CCC(N2CCN(Cc3ccc(C)cc3)C(=O)C2=O)CC1. The number of benzene rings is 1. The number of hydrogen-bond acceptors (Lipinski definition) is 3. The van der Waals surface area contributed by atoms with Gasteiger partial charge in [-0.1, -0.05) is 36.8 Å². The fourth-order valence-corrected chi connectivity index (χ4v) is 3.89. The van der Waals surface area contributed by atoms with E-state index in [0.717, 1.165) is 12.0 Å². The van der Waals surface area contributed by atoms with E-state index in [1.165, 1.54) is 5.56 Å². The number of carbonyl (C=O) groups excluding carboxylic acids is 3. The van der Waals surface area contributed by atoms with E-state index in [1.54, 1.807) is 9.80 Å². The van der Waals surface area contributed by atoms with E-state index in [9.17, 15) is 14.4 Å². The van der Waals surface area contributed by atoms with E-state index in [4.69, 9.17) is 0 Å². The van der Waals surface area contributed by atoms with Gasteiger partial charge in [-0.2, -0.15) is 0 Å². The van der Waals surface area contributed by atoms with Gasteiger partial charge in [0.15, 0.2) is 0 Å². The minimum Gasteiger partial charge on any atom is -0.336 e. The Balaban J connectivity index is 1.52. The van der Waals surface area contributed by atoms with Crippen LogP contribution in [0.3, 0.4) is 0 Å². The van der Waals surface area contributed by atoms with Gasteiger partial charge in [0, 0.05) is 44.8 Å². The Morgan fingerprint density at radius 2 is 1.72 bits per heavy atom. The number of likely N-dealkylation sites (tertiary alicyclic amines) is 1. The largest absolute Gasteiger partial charge is 0.336 e. The molecule has 7 heteroatoms. The number of urea groups is 1. The van der Waals surface area contributed by atoms with Gasteiger partial charge in [-0.25, -0.2) is 4.79 Å². The smallest absolute Gasteiger partial charge is 0.317 e. The van der Waals surface area contributed by atoms with E-state index in [0.29, 0.717) is 45.6 Å². The van der Waals surface area contributed by atoms with Gasteiger partial charge in [0.05, 0.1) is 0 Å². The second-order valence-electron chi connectivity index (χ2n) is 8.19. The van der Waals surface area contributed by atoms with E-state index in [1.807, 2.05) is 49.9 Å². The summed E-state index contributed by atoms with van der Waals surface area (Å²) in [5, 5.41) is 2.99. The summed E-state index contributed by atoms with van der Waals surface area (Å²) in [6.45, 7) is 8.84. The summed E-state index contributed by atoms with van der Waals surface area (Å²) in [6, 6.07) is 8.18. The zero-order valence-electron chi connectivity index (χ0n) is 17.7. The zero-order chi connectivity index (χ0) is 21.0. The van der Waals surface area contributed by atoms with Crippen LogP contribution in [0.1, 0.15) is 44.2 Å². The van der Waals surface area contributed by atoms with Crippen LogP contribution in [-0.4, -0.2) is 70.8 Å². The molecule has 7 nitrogen and oxygen atoms in total. The number of piperazine rings is 1. The second kappa shape index (κ2) is 9.29. The van der Waals surface area contributed by atoms with Crippen molar-refractivity contribution in [1.82, 2.24) is 20.0 Å². The fraction of sp³-hybridized carbons (Fsp3) is 0.591. The van der Waals surface area contributed by atoms with Gasteiger partial charge < -0.3 is 20.0 Å². The normalized spacial score (nSPS) is 19.5. The van der Waals surface area contributed by atoms with Crippen molar-refractivity contribution < 1.29 is 14.4 Å². The monoisotopic (exact) mass is 400 g/mol. The van der Waals surface area contributed by atoms with Crippen LogP contribution < -0.4 is 5.32 Å². The van der Waals surface area contributed by atoms with Gasteiger partial charge in [-0.05, 0) is 38.7 Å².